The largest absolute Gasteiger partial charge is 0.354 e. The molecule has 0 radical (unpaired) electrons. The van der Waals surface area contributed by atoms with Crippen molar-refractivity contribution in [3.05, 3.63) is 76.7 Å². The van der Waals surface area contributed by atoms with Crippen LogP contribution in [0.4, 0.5) is 0 Å². The molecule has 116 valence electrons. The first-order chi connectivity index (χ1) is 11.2. The van der Waals surface area contributed by atoms with Crippen LogP contribution in [-0.2, 0) is 17.8 Å². The van der Waals surface area contributed by atoms with Crippen molar-refractivity contribution in [1.82, 2.24) is 15.1 Å². The first-order valence-corrected chi connectivity index (χ1v) is 7.49. The Labute approximate surface area is 133 Å². The monoisotopic (exact) mass is 307 g/mol. The van der Waals surface area contributed by atoms with Crippen LogP contribution in [0.5, 0.6) is 0 Å². The average molecular weight is 307 g/mol. The van der Waals surface area contributed by atoms with Crippen LogP contribution in [0.15, 0.2) is 65.6 Å². The highest BCUT2D eigenvalue weighted by Gasteiger charge is 2.06. The minimum Gasteiger partial charge on any atom is -0.354 e. The molecule has 0 unspecified atom stereocenters. The molecule has 5 heteroatoms. The standard InChI is InChI=1S/C18H17N3O2/c22-17(19-11-12-21-18(23)9-4-10-20-21)13-15-7-3-6-14-5-1-2-8-16(14)15/h1-10H,11-13H2,(H,19,22). The van der Waals surface area contributed by atoms with Gasteiger partial charge in [-0.3, -0.25) is 9.59 Å². The highest BCUT2D eigenvalue weighted by molar-refractivity contribution is 5.90. The van der Waals surface area contributed by atoms with E-state index in [1.54, 1.807) is 12.3 Å². The van der Waals surface area contributed by atoms with Gasteiger partial charge in [0.1, 0.15) is 0 Å². The molecule has 0 aliphatic carbocycles. The summed E-state index contributed by atoms with van der Waals surface area (Å²) in [5.74, 6) is -0.0645. The van der Waals surface area contributed by atoms with Crippen LogP contribution in [0.25, 0.3) is 10.8 Å². The zero-order valence-electron chi connectivity index (χ0n) is 12.6. The number of nitrogens with one attached hydrogen (secondary N) is 1. The number of nitrogens with zero attached hydrogens (tertiary/aromatic N) is 2. The molecule has 23 heavy (non-hydrogen) atoms. The van der Waals surface area contributed by atoms with Crippen molar-refractivity contribution in [1.29, 1.82) is 0 Å². The third kappa shape index (κ3) is 3.63. The van der Waals surface area contributed by atoms with Gasteiger partial charge in [0, 0.05) is 18.8 Å². The van der Waals surface area contributed by atoms with Crippen LogP contribution in [0, 0.1) is 0 Å². The van der Waals surface area contributed by atoms with Crippen LogP contribution < -0.4 is 10.9 Å². The Balaban J connectivity index is 1.61. The summed E-state index contributed by atoms with van der Waals surface area (Å²) in [4.78, 5) is 23.6. The molecule has 0 bridgehead atoms. The van der Waals surface area contributed by atoms with Gasteiger partial charge in [-0.15, -0.1) is 0 Å². The third-order valence-corrected chi connectivity index (χ3v) is 3.66. The lowest BCUT2D eigenvalue weighted by molar-refractivity contribution is -0.120. The predicted molar refractivity (Wildman–Crippen MR) is 89.2 cm³/mol. The van der Waals surface area contributed by atoms with E-state index < -0.39 is 0 Å². The smallest absolute Gasteiger partial charge is 0.266 e. The molecule has 1 aromatic heterocycles. The van der Waals surface area contributed by atoms with Gasteiger partial charge in [0.05, 0.1) is 13.0 Å². The number of rotatable bonds is 5. The summed E-state index contributed by atoms with van der Waals surface area (Å²) in [5.41, 5.74) is 0.825. The van der Waals surface area contributed by atoms with E-state index in [0.29, 0.717) is 19.5 Å². The van der Waals surface area contributed by atoms with Crippen LogP contribution in [-0.4, -0.2) is 22.2 Å². The van der Waals surface area contributed by atoms with E-state index in [-0.39, 0.29) is 11.5 Å². The number of aromatic nitrogens is 2. The minimum absolute atomic E-state index is 0.0645. The zero-order chi connectivity index (χ0) is 16.1. The van der Waals surface area contributed by atoms with Gasteiger partial charge in [0.25, 0.3) is 5.56 Å². The Morgan fingerprint density at radius 3 is 2.74 bits per heavy atom. The number of carbonyl (C=O) groups is 1. The molecule has 0 spiro atoms. The van der Waals surface area contributed by atoms with Gasteiger partial charge in [-0.2, -0.15) is 5.10 Å². The van der Waals surface area contributed by atoms with Gasteiger partial charge in [-0.05, 0) is 22.4 Å². The molecule has 1 heterocycles. The van der Waals surface area contributed by atoms with Crippen molar-refractivity contribution in [3.63, 3.8) is 0 Å². The summed E-state index contributed by atoms with van der Waals surface area (Å²) < 4.78 is 1.33. The summed E-state index contributed by atoms with van der Waals surface area (Å²) in [5, 5.41) is 9.00. The first-order valence-electron chi connectivity index (χ1n) is 7.49. The normalized spacial score (nSPS) is 10.6. The highest BCUT2D eigenvalue weighted by atomic mass is 16.1. The first kappa shape index (κ1) is 15.0. The molecule has 0 aliphatic rings. The molecule has 0 fully saturated rings. The number of carbonyl (C=O) groups excluding carboxylic acids is 1. The lowest BCUT2D eigenvalue weighted by atomic mass is 10.0. The maximum atomic E-state index is 12.1. The number of benzene rings is 2. The summed E-state index contributed by atoms with van der Waals surface area (Å²) in [6.45, 7) is 0.738. The summed E-state index contributed by atoms with van der Waals surface area (Å²) >= 11 is 0. The molecular formula is C18H17N3O2. The Hall–Kier alpha value is -2.95. The summed E-state index contributed by atoms with van der Waals surface area (Å²) in [7, 11) is 0. The maximum Gasteiger partial charge on any atom is 0.266 e. The lowest BCUT2D eigenvalue weighted by Gasteiger charge is -2.08. The second kappa shape index (κ2) is 6.87. The second-order valence-corrected chi connectivity index (χ2v) is 5.25. The third-order valence-electron chi connectivity index (χ3n) is 3.66. The molecule has 1 amide bonds. The second-order valence-electron chi connectivity index (χ2n) is 5.25. The van der Waals surface area contributed by atoms with Gasteiger partial charge in [-0.1, -0.05) is 42.5 Å². The molecule has 0 aliphatic heterocycles. The van der Waals surface area contributed by atoms with Crippen molar-refractivity contribution in [2.24, 2.45) is 0 Å². The Kier molecular flexibility index (Phi) is 4.47. The van der Waals surface area contributed by atoms with E-state index >= 15 is 0 Å². The van der Waals surface area contributed by atoms with Gasteiger partial charge in [0.15, 0.2) is 0 Å². The Morgan fingerprint density at radius 2 is 1.87 bits per heavy atom. The van der Waals surface area contributed by atoms with E-state index in [1.807, 2.05) is 42.5 Å². The molecule has 0 saturated heterocycles. The highest BCUT2D eigenvalue weighted by Crippen LogP contribution is 2.18. The van der Waals surface area contributed by atoms with Crippen LogP contribution in [0.3, 0.4) is 0 Å². The van der Waals surface area contributed by atoms with E-state index in [4.69, 9.17) is 0 Å². The van der Waals surface area contributed by atoms with Crippen molar-refractivity contribution in [3.8, 4) is 0 Å². The number of hydrogen-bond donors (Lipinski definition) is 1. The predicted octanol–water partition coefficient (Wildman–Crippen LogP) is 1.76. The fourth-order valence-corrected chi connectivity index (χ4v) is 2.54. The minimum atomic E-state index is -0.171. The molecule has 0 atom stereocenters. The SMILES string of the molecule is O=C(Cc1cccc2ccccc12)NCCn1ncccc1=O. The van der Waals surface area contributed by atoms with E-state index in [9.17, 15) is 9.59 Å². The van der Waals surface area contributed by atoms with Crippen molar-refractivity contribution in [2.75, 3.05) is 6.54 Å². The lowest BCUT2D eigenvalue weighted by Crippen LogP contribution is -2.32. The van der Waals surface area contributed by atoms with Crippen LogP contribution >= 0.6 is 0 Å². The summed E-state index contributed by atoms with van der Waals surface area (Å²) in [6, 6.07) is 17.0. The number of hydrogen-bond acceptors (Lipinski definition) is 3. The number of amides is 1. The van der Waals surface area contributed by atoms with Gasteiger partial charge in [0.2, 0.25) is 5.91 Å². The van der Waals surface area contributed by atoms with Crippen LogP contribution in [0.1, 0.15) is 5.56 Å². The van der Waals surface area contributed by atoms with Gasteiger partial charge in [-0.25, -0.2) is 4.68 Å². The van der Waals surface area contributed by atoms with Gasteiger partial charge < -0.3 is 5.32 Å². The van der Waals surface area contributed by atoms with Crippen molar-refractivity contribution < 1.29 is 4.79 Å². The molecule has 3 aromatic rings. The topological polar surface area (TPSA) is 64.0 Å². The van der Waals surface area contributed by atoms with Crippen molar-refractivity contribution in [2.45, 2.75) is 13.0 Å². The zero-order valence-corrected chi connectivity index (χ0v) is 12.6. The van der Waals surface area contributed by atoms with Crippen LogP contribution in [0.2, 0.25) is 0 Å². The van der Waals surface area contributed by atoms with Crippen molar-refractivity contribution >= 4 is 16.7 Å². The molecule has 1 N–H and O–H groups in total. The molecule has 0 saturated carbocycles. The Morgan fingerprint density at radius 1 is 1.04 bits per heavy atom. The van der Waals surface area contributed by atoms with E-state index in [1.165, 1.54) is 10.7 Å². The molecular weight excluding hydrogens is 290 g/mol. The maximum absolute atomic E-state index is 12.1. The molecule has 5 nitrogen and oxygen atoms in total. The van der Waals surface area contributed by atoms with E-state index in [2.05, 4.69) is 10.4 Å². The summed E-state index contributed by atoms with van der Waals surface area (Å²) in [6.07, 6.45) is 1.87. The molecule has 3 rings (SSSR count). The fraction of sp³-hybridized carbons (Fsp3) is 0.167. The molecule has 2 aromatic carbocycles. The average Bonchev–Trinajstić information content (AvgIpc) is 2.57. The number of fused-ring (bicyclic) bond motifs is 1. The quantitative estimate of drug-likeness (QED) is 0.781. The Bertz CT molecular complexity index is 881. The van der Waals surface area contributed by atoms with E-state index in [0.717, 1.165) is 16.3 Å². The van der Waals surface area contributed by atoms with Gasteiger partial charge >= 0.3 is 0 Å². The fourth-order valence-electron chi connectivity index (χ4n) is 2.54.